The molecule has 0 spiro atoms. The highest BCUT2D eigenvalue weighted by molar-refractivity contribution is 7.89. The van der Waals surface area contributed by atoms with Gasteiger partial charge in [-0.05, 0) is 27.2 Å². The molecule has 0 aliphatic carbocycles. The largest absolute Gasteiger partial charge is 0.382 e. The maximum Gasteiger partial charge on any atom is 0.211 e. The Morgan fingerprint density at radius 3 is 2.46 bits per heavy atom. The second-order valence-electron chi connectivity index (χ2n) is 3.14. The van der Waals surface area contributed by atoms with Crippen LogP contribution in [0.5, 0.6) is 0 Å². The van der Waals surface area contributed by atoms with Crippen LogP contribution in [-0.4, -0.2) is 33.4 Å². The summed E-state index contributed by atoms with van der Waals surface area (Å²) in [6.45, 7) is 6.65. The minimum absolute atomic E-state index is 0.0305. The van der Waals surface area contributed by atoms with E-state index in [0.29, 0.717) is 19.6 Å². The molecular weight excluding hydrogens is 190 g/mol. The van der Waals surface area contributed by atoms with Crippen LogP contribution in [0.2, 0.25) is 0 Å². The van der Waals surface area contributed by atoms with Crippen LogP contribution in [0.3, 0.4) is 0 Å². The Labute approximate surface area is 80.7 Å². The summed E-state index contributed by atoms with van der Waals surface area (Å²) in [6, 6.07) is -0.0305. The smallest absolute Gasteiger partial charge is 0.211 e. The molecule has 0 unspecified atom stereocenters. The van der Waals surface area contributed by atoms with Gasteiger partial charge in [0.2, 0.25) is 10.0 Å². The molecule has 0 aromatic carbocycles. The van der Waals surface area contributed by atoms with Crippen LogP contribution in [-0.2, 0) is 14.8 Å². The van der Waals surface area contributed by atoms with Crippen molar-refractivity contribution in [3.8, 4) is 0 Å². The molecule has 5 heteroatoms. The van der Waals surface area contributed by atoms with Crippen LogP contribution in [0.15, 0.2) is 0 Å². The summed E-state index contributed by atoms with van der Waals surface area (Å²) in [6.07, 6.45) is 0.551. The van der Waals surface area contributed by atoms with E-state index in [-0.39, 0.29) is 11.8 Å². The van der Waals surface area contributed by atoms with Crippen molar-refractivity contribution in [1.82, 2.24) is 4.72 Å². The van der Waals surface area contributed by atoms with Gasteiger partial charge in [-0.25, -0.2) is 13.1 Å². The molecule has 0 aliphatic rings. The second kappa shape index (κ2) is 6.34. The summed E-state index contributed by atoms with van der Waals surface area (Å²) in [4.78, 5) is 0. The van der Waals surface area contributed by atoms with Gasteiger partial charge in [-0.1, -0.05) is 0 Å². The maximum absolute atomic E-state index is 11.2. The van der Waals surface area contributed by atoms with E-state index in [4.69, 9.17) is 4.74 Å². The monoisotopic (exact) mass is 209 g/mol. The molecule has 0 bridgehead atoms. The van der Waals surface area contributed by atoms with E-state index < -0.39 is 10.0 Å². The van der Waals surface area contributed by atoms with Crippen LogP contribution in [0.25, 0.3) is 0 Å². The van der Waals surface area contributed by atoms with Gasteiger partial charge in [0.15, 0.2) is 0 Å². The summed E-state index contributed by atoms with van der Waals surface area (Å²) in [5.74, 6) is 0.144. The molecule has 13 heavy (non-hydrogen) atoms. The van der Waals surface area contributed by atoms with Crippen molar-refractivity contribution in [2.24, 2.45) is 0 Å². The number of rotatable bonds is 7. The number of hydrogen-bond donors (Lipinski definition) is 1. The molecule has 0 amide bonds. The Kier molecular flexibility index (Phi) is 6.28. The third-order valence-electron chi connectivity index (χ3n) is 1.32. The first-order valence-electron chi connectivity index (χ1n) is 4.55. The molecule has 0 radical (unpaired) electrons. The number of ether oxygens (including phenoxy) is 1. The van der Waals surface area contributed by atoms with Gasteiger partial charge in [-0.2, -0.15) is 0 Å². The van der Waals surface area contributed by atoms with E-state index >= 15 is 0 Å². The topological polar surface area (TPSA) is 55.4 Å². The summed E-state index contributed by atoms with van der Waals surface area (Å²) < 4.78 is 30.0. The van der Waals surface area contributed by atoms with Gasteiger partial charge >= 0.3 is 0 Å². The lowest BCUT2D eigenvalue weighted by atomic mass is 10.4. The molecule has 0 aromatic rings. The van der Waals surface area contributed by atoms with Crippen molar-refractivity contribution in [2.75, 3.05) is 19.0 Å². The molecule has 0 heterocycles. The van der Waals surface area contributed by atoms with Crippen molar-refractivity contribution in [3.05, 3.63) is 0 Å². The minimum atomic E-state index is -3.09. The molecule has 0 saturated heterocycles. The van der Waals surface area contributed by atoms with Crippen molar-refractivity contribution in [2.45, 2.75) is 33.2 Å². The average molecular weight is 209 g/mol. The fraction of sp³-hybridized carbons (Fsp3) is 1.00. The zero-order chi connectivity index (χ0) is 10.3. The molecule has 0 rings (SSSR count). The Hall–Kier alpha value is -0.130. The maximum atomic E-state index is 11.2. The Bertz CT molecular complexity index is 211. The Balaban J connectivity index is 3.64. The summed E-state index contributed by atoms with van der Waals surface area (Å²) in [7, 11) is -3.09. The van der Waals surface area contributed by atoms with Gasteiger partial charge in [-0.3, -0.25) is 0 Å². The van der Waals surface area contributed by atoms with Crippen molar-refractivity contribution >= 4 is 10.0 Å². The summed E-state index contributed by atoms with van der Waals surface area (Å²) in [5.41, 5.74) is 0. The first-order valence-corrected chi connectivity index (χ1v) is 6.21. The molecule has 80 valence electrons. The van der Waals surface area contributed by atoms with E-state index in [2.05, 4.69) is 4.72 Å². The molecule has 4 nitrogen and oxygen atoms in total. The van der Waals surface area contributed by atoms with Crippen LogP contribution in [0.1, 0.15) is 27.2 Å². The zero-order valence-electron chi connectivity index (χ0n) is 8.54. The van der Waals surface area contributed by atoms with E-state index in [1.54, 1.807) is 13.8 Å². The van der Waals surface area contributed by atoms with Gasteiger partial charge < -0.3 is 4.74 Å². The molecule has 0 aromatic heterocycles. The number of nitrogens with one attached hydrogen (secondary N) is 1. The SMILES string of the molecule is CCOCCCS(=O)(=O)NC(C)C. The number of hydrogen-bond acceptors (Lipinski definition) is 3. The Morgan fingerprint density at radius 1 is 1.38 bits per heavy atom. The molecule has 0 atom stereocenters. The van der Waals surface area contributed by atoms with Gasteiger partial charge in [0, 0.05) is 19.3 Å². The van der Waals surface area contributed by atoms with Crippen LogP contribution >= 0.6 is 0 Å². The van der Waals surface area contributed by atoms with Gasteiger partial charge in [0.1, 0.15) is 0 Å². The minimum Gasteiger partial charge on any atom is -0.382 e. The van der Waals surface area contributed by atoms with E-state index in [1.807, 2.05) is 6.92 Å². The third-order valence-corrected chi connectivity index (χ3v) is 2.98. The normalized spacial score (nSPS) is 12.3. The van der Waals surface area contributed by atoms with Gasteiger partial charge in [-0.15, -0.1) is 0 Å². The first-order chi connectivity index (χ1) is 5.98. The van der Waals surface area contributed by atoms with Gasteiger partial charge in [0.25, 0.3) is 0 Å². The molecule has 0 saturated carbocycles. The average Bonchev–Trinajstić information content (AvgIpc) is 1.95. The first kappa shape index (κ1) is 12.9. The summed E-state index contributed by atoms with van der Waals surface area (Å²) in [5, 5.41) is 0. The lowest BCUT2D eigenvalue weighted by Gasteiger charge is -2.08. The standard InChI is InChI=1S/C8H19NO3S/c1-4-12-6-5-7-13(10,11)9-8(2)3/h8-9H,4-7H2,1-3H3. The quantitative estimate of drug-likeness (QED) is 0.629. The van der Waals surface area contributed by atoms with Crippen molar-refractivity contribution < 1.29 is 13.2 Å². The highest BCUT2D eigenvalue weighted by atomic mass is 32.2. The molecular formula is C8H19NO3S. The van der Waals surface area contributed by atoms with E-state index in [9.17, 15) is 8.42 Å². The molecule has 0 aliphatic heterocycles. The third kappa shape index (κ3) is 8.21. The van der Waals surface area contributed by atoms with Crippen LogP contribution in [0, 0.1) is 0 Å². The Morgan fingerprint density at radius 2 is 2.00 bits per heavy atom. The highest BCUT2D eigenvalue weighted by Crippen LogP contribution is 1.92. The van der Waals surface area contributed by atoms with Crippen LogP contribution in [0.4, 0.5) is 0 Å². The van der Waals surface area contributed by atoms with E-state index in [0.717, 1.165) is 0 Å². The van der Waals surface area contributed by atoms with E-state index in [1.165, 1.54) is 0 Å². The highest BCUT2D eigenvalue weighted by Gasteiger charge is 2.10. The van der Waals surface area contributed by atoms with Crippen molar-refractivity contribution in [1.29, 1.82) is 0 Å². The van der Waals surface area contributed by atoms with Crippen LogP contribution < -0.4 is 4.72 Å². The summed E-state index contributed by atoms with van der Waals surface area (Å²) >= 11 is 0. The predicted molar refractivity (Wildman–Crippen MR) is 53.2 cm³/mol. The fourth-order valence-corrected chi connectivity index (χ4v) is 2.25. The lowest BCUT2D eigenvalue weighted by Crippen LogP contribution is -2.32. The van der Waals surface area contributed by atoms with Crippen molar-refractivity contribution in [3.63, 3.8) is 0 Å². The van der Waals surface area contributed by atoms with Gasteiger partial charge in [0.05, 0.1) is 5.75 Å². The lowest BCUT2D eigenvalue weighted by molar-refractivity contribution is 0.148. The molecule has 1 N–H and O–H groups in total. The number of sulfonamides is 1. The second-order valence-corrected chi connectivity index (χ2v) is 5.02. The predicted octanol–water partition coefficient (Wildman–Crippen LogP) is 0.741. The molecule has 0 fully saturated rings. The zero-order valence-corrected chi connectivity index (χ0v) is 9.36. The fourth-order valence-electron chi connectivity index (χ4n) is 0.913.